The van der Waals surface area contributed by atoms with Gasteiger partial charge in [-0.05, 0) is 32.4 Å². The Morgan fingerprint density at radius 2 is 2.17 bits per heavy atom. The molecule has 0 aromatic heterocycles. The Labute approximate surface area is 115 Å². The topological polar surface area (TPSA) is 40.5 Å². The molecule has 18 heavy (non-hydrogen) atoms. The number of phenolic OH excluding ortho intramolecular Hbond substituents is 1. The highest BCUT2D eigenvalue weighted by atomic mass is 79.9. The smallest absolute Gasteiger partial charge is 0.257 e. The molecule has 0 saturated heterocycles. The zero-order valence-electron chi connectivity index (χ0n) is 10.5. The van der Waals surface area contributed by atoms with Gasteiger partial charge < -0.3 is 10.0 Å². The van der Waals surface area contributed by atoms with Crippen LogP contribution in [0.25, 0.3) is 0 Å². The minimum atomic E-state index is -0.555. The molecule has 5 heteroatoms. The number of alkyl halides is 1. The number of benzene rings is 1. The minimum Gasteiger partial charge on any atom is -0.507 e. The zero-order chi connectivity index (χ0) is 13.7. The number of carbonyl (C=O) groups is 1. The van der Waals surface area contributed by atoms with Gasteiger partial charge in [0.25, 0.3) is 5.91 Å². The second kappa shape index (κ2) is 6.73. The van der Waals surface area contributed by atoms with Gasteiger partial charge in [0.1, 0.15) is 11.6 Å². The summed E-state index contributed by atoms with van der Waals surface area (Å²) in [6, 6.07) is 3.48. The summed E-state index contributed by atoms with van der Waals surface area (Å²) < 4.78 is 12.9. The summed E-state index contributed by atoms with van der Waals surface area (Å²) in [5.74, 6) is -1.14. The van der Waals surface area contributed by atoms with Crippen LogP contribution in [0, 0.1) is 5.82 Å². The van der Waals surface area contributed by atoms with E-state index in [1.165, 1.54) is 12.1 Å². The standard InChI is InChI=1S/C13H17BrFNO2/c1-9(2)16(7-3-6-14)13(18)11-5-4-10(15)8-12(11)17/h4-5,8-9,17H,3,6-7H2,1-2H3. The molecule has 1 amide bonds. The third kappa shape index (κ3) is 3.70. The van der Waals surface area contributed by atoms with Crippen LogP contribution in [-0.2, 0) is 0 Å². The maximum atomic E-state index is 12.9. The molecule has 0 aliphatic rings. The van der Waals surface area contributed by atoms with Crippen LogP contribution in [0.3, 0.4) is 0 Å². The molecular formula is C13H17BrFNO2. The number of phenols is 1. The van der Waals surface area contributed by atoms with E-state index in [1.54, 1.807) is 4.90 Å². The second-order valence-electron chi connectivity index (χ2n) is 4.30. The molecule has 0 unspecified atom stereocenters. The average Bonchev–Trinajstić information content (AvgIpc) is 2.28. The molecule has 0 fully saturated rings. The van der Waals surface area contributed by atoms with Crippen molar-refractivity contribution in [3.63, 3.8) is 0 Å². The van der Waals surface area contributed by atoms with Gasteiger partial charge in [0.05, 0.1) is 5.56 Å². The molecular weight excluding hydrogens is 301 g/mol. The first-order valence-corrected chi connectivity index (χ1v) is 6.95. The van der Waals surface area contributed by atoms with E-state index in [2.05, 4.69) is 15.9 Å². The lowest BCUT2D eigenvalue weighted by atomic mass is 10.1. The molecule has 1 aromatic carbocycles. The van der Waals surface area contributed by atoms with Crippen LogP contribution in [-0.4, -0.2) is 33.8 Å². The van der Waals surface area contributed by atoms with Gasteiger partial charge in [-0.25, -0.2) is 4.39 Å². The summed E-state index contributed by atoms with van der Waals surface area (Å²) in [6.45, 7) is 4.41. The highest BCUT2D eigenvalue weighted by Gasteiger charge is 2.21. The van der Waals surface area contributed by atoms with Crippen molar-refractivity contribution in [3.8, 4) is 5.75 Å². The first kappa shape index (κ1) is 15.0. The third-order valence-electron chi connectivity index (χ3n) is 2.61. The highest BCUT2D eigenvalue weighted by molar-refractivity contribution is 9.09. The van der Waals surface area contributed by atoms with Crippen LogP contribution in [0.4, 0.5) is 4.39 Å². The highest BCUT2D eigenvalue weighted by Crippen LogP contribution is 2.21. The first-order valence-electron chi connectivity index (χ1n) is 5.82. The Hall–Kier alpha value is -1.10. The van der Waals surface area contributed by atoms with Crippen molar-refractivity contribution in [1.29, 1.82) is 0 Å². The van der Waals surface area contributed by atoms with E-state index in [0.29, 0.717) is 6.54 Å². The van der Waals surface area contributed by atoms with Crippen molar-refractivity contribution in [1.82, 2.24) is 4.90 Å². The zero-order valence-corrected chi connectivity index (χ0v) is 12.1. The van der Waals surface area contributed by atoms with Crippen LogP contribution < -0.4 is 0 Å². The quantitative estimate of drug-likeness (QED) is 0.847. The number of hydrogen-bond acceptors (Lipinski definition) is 2. The molecule has 0 radical (unpaired) electrons. The van der Waals surface area contributed by atoms with E-state index in [9.17, 15) is 14.3 Å². The van der Waals surface area contributed by atoms with Crippen molar-refractivity contribution in [2.24, 2.45) is 0 Å². The second-order valence-corrected chi connectivity index (χ2v) is 5.09. The van der Waals surface area contributed by atoms with Gasteiger partial charge in [-0.15, -0.1) is 0 Å². The fourth-order valence-electron chi connectivity index (χ4n) is 1.66. The molecule has 0 bridgehead atoms. The van der Waals surface area contributed by atoms with Gasteiger partial charge >= 0.3 is 0 Å². The number of amides is 1. The molecule has 0 aliphatic carbocycles. The van der Waals surface area contributed by atoms with Gasteiger partial charge in [0.15, 0.2) is 0 Å². The molecule has 0 saturated carbocycles. The van der Waals surface area contributed by atoms with Gasteiger partial charge in [-0.1, -0.05) is 15.9 Å². The van der Waals surface area contributed by atoms with E-state index >= 15 is 0 Å². The van der Waals surface area contributed by atoms with Crippen LogP contribution in [0.1, 0.15) is 30.6 Å². The van der Waals surface area contributed by atoms with Crippen LogP contribution in [0.15, 0.2) is 18.2 Å². The molecule has 0 heterocycles. The SMILES string of the molecule is CC(C)N(CCCBr)C(=O)c1ccc(F)cc1O. The first-order chi connectivity index (χ1) is 8.47. The van der Waals surface area contributed by atoms with E-state index < -0.39 is 5.82 Å². The maximum Gasteiger partial charge on any atom is 0.257 e. The van der Waals surface area contributed by atoms with E-state index in [-0.39, 0.29) is 23.3 Å². The van der Waals surface area contributed by atoms with Gasteiger partial charge in [-0.3, -0.25) is 4.79 Å². The lowest BCUT2D eigenvalue weighted by Gasteiger charge is -2.26. The van der Waals surface area contributed by atoms with Crippen molar-refractivity contribution < 1.29 is 14.3 Å². The van der Waals surface area contributed by atoms with Crippen LogP contribution in [0.5, 0.6) is 5.75 Å². The lowest BCUT2D eigenvalue weighted by Crippen LogP contribution is -2.37. The minimum absolute atomic E-state index is 0.0287. The summed E-state index contributed by atoms with van der Waals surface area (Å²) >= 11 is 3.32. The monoisotopic (exact) mass is 317 g/mol. The molecule has 3 nitrogen and oxygen atoms in total. The maximum absolute atomic E-state index is 12.9. The molecule has 0 atom stereocenters. The largest absolute Gasteiger partial charge is 0.507 e. The predicted octanol–water partition coefficient (Wildman–Crippen LogP) is 3.17. The Kier molecular flexibility index (Phi) is 5.59. The molecule has 1 N–H and O–H groups in total. The van der Waals surface area contributed by atoms with Crippen LogP contribution in [0.2, 0.25) is 0 Å². The Morgan fingerprint density at radius 3 is 2.67 bits per heavy atom. The van der Waals surface area contributed by atoms with E-state index in [1.807, 2.05) is 13.8 Å². The fourth-order valence-corrected chi connectivity index (χ4v) is 1.92. The number of aromatic hydroxyl groups is 1. The molecule has 1 rings (SSSR count). The summed E-state index contributed by atoms with van der Waals surface area (Å²) in [4.78, 5) is 13.9. The molecule has 1 aromatic rings. The fraction of sp³-hybridized carbons (Fsp3) is 0.462. The summed E-state index contributed by atoms with van der Waals surface area (Å²) in [7, 11) is 0. The molecule has 0 spiro atoms. The summed E-state index contributed by atoms with van der Waals surface area (Å²) in [5, 5.41) is 10.4. The normalized spacial score (nSPS) is 10.7. The summed E-state index contributed by atoms with van der Waals surface area (Å²) in [5.41, 5.74) is 0.139. The van der Waals surface area contributed by atoms with E-state index in [0.717, 1.165) is 17.8 Å². The van der Waals surface area contributed by atoms with Crippen molar-refractivity contribution in [3.05, 3.63) is 29.6 Å². The van der Waals surface area contributed by atoms with Crippen molar-refractivity contribution in [2.75, 3.05) is 11.9 Å². The van der Waals surface area contributed by atoms with Gasteiger partial charge in [0.2, 0.25) is 0 Å². The average molecular weight is 318 g/mol. The number of nitrogens with zero attached hydrogens (tertiary/aromatic N) is 1. The lowest BCUT2D eigenvalue weighted by molar-refractivity contribution is 0.0703. The number of hydrogen-bond donors (Lipinski definition) is 1. The number of halogens is 2. The van der Waals surface area contributed by atoms with Gasteiger partial charge in [0, 0.05) is 24.0 Å². The van der Waals surface area contributed by atoms with Crippen molar-refractivity contribution in [2.45, 2.75) is 26.3 Å². The Bertz CT molecular complexity index is 423. The number of carbonyl (C=O) groups excluding carboxylic acids is 1. The Morgan fingerprint density at radius 1 is 1.50 bits per heavy atom. The number of rotatable bonds is 5. The molecule has 0 aliphatic heterocycles. The predicted molar refractivity (Wildman–Crippen MR) is 72.6 cm³/mol. The van der Waals surface area contributed by atoms with Crippen LogP contribution >= 0.6 is 15.9 Å². The van der Waals surface area contributed by atoms with Gasteiger partial charge in [-0.2, -0.15) is 0 Å². The third-order valence-corrected chi connectivity index (χ3v) is 3.17. The van der Waals surface area contributed by atoms with Crippen molar-refractivity contribution >= 4 is 21.8 Å². The Balaban J connectivity index is 2.94. The molecule has 100 valence electrons. The van der Waals surface area contributed by atoms with E-state index in [4.69, 9.17) is 0 Å². The summed E-state index contributed by atoms with van der Waals surface area (Å²) in [6.07, 6.45) is 0.825.